The highest BCUT2D eigenvalue weighted by Gasteiger charge is 2.42. The van der Waals surface area contributed by atoms with E-state index in [9.17, 15) is 9.59 Å². The van der Waals surface area contributed by atoms with Crippen molar-refractivity contribution in [2.75, 3.05) is 33.2 Å². The van der Waals surface area contributed by atoms with Crippen molar-refractivity contribution in [2.24, 2.45) is 11.8 Å². The molecule has 24 heavy (non-hydrogen) atoms. The van der Waals surface area contributed by atoms with Crippen LogP contribution in [0.15, 0.2) is 0 Å². The third kappa shape index (κ3) is 5.18. The topological polar surface area (TPSA) is 72.9 Å². The number of likely N-dealkylation sites (tertiary alicyclic amines) is 1. The van der Waals surface area contributed by atoms with Crippen molar-refractivity contribution in [1.82, 2.24) is 15.1 Å². The fourth-order valence-corrected chi connectivity index (χ4v) is 4.05. The zero-order chi connectivity index (χ0) is 17.1. The number of hydrogen-bond acceptors (Lipinski definition) is 4. The third-order valence-electron chi connectivity index (χ3n) is 5.75. The normalized spacial score (nSPS) is 25.7. The predicted molar refractivity (Wildman–Crippen MR) is 91.7 cm³/mol. The quantitative estimate of drug-likeness (QED) is 0.695. The molecule has 2 N–H and O–H groups in total. The second-order valence-corrected chi connectivity index (χ2v) is 7.94. The smallest absolute Gasteiger partial charge is 0.317 e. The van der Waals surface area contributed by atoms with Crippen molar-refractivity contribution < 1.29 is 14.7 Å². The van der Waals surface area contributed by atoms with Crippen LogP contribution in [-0.2, 0) is 9.59 Å². The zero-order valence-corrected chi connectivity index (χ0v) is 14.7. The van der Waals surface area contributed by atoms with Crippen molar-refractivity contribution in [2.45, 2.75) is 57.0 Å². The summed E-state index contributed by atoms with van der Waals surface area (Å²) in [4.78, 5) is 27.5. The number of carboxylic acids is 1. The van der Waals surface area contributed by atoms with E-state index in [2.05, 4.69) is 10.2 Å². The van der Waals surface area contributed by atoms with Crippen LogP contribution in [0.2, 0.25) is 0 Å². The molecule has 0 aromatic carbocycles. The Morgan fingerprint density at radius 1 is 1.12 bits per heavy atom. The minimum atomic E-state index is -0.774. The van der Waals surface area contributed by atoms with Gasteiger partial charge in [0.1, 0.15) is 0 Å². The number of aliphatic carboxylic acids is 1. The van der Waals surface area contributed by atoms with Crippen LogP contribution in [-0.4, -0.2) is 72.1 Å². The van der Waals surface area contributed by atoms with Gasteiger partial charge in [-0.2, -0.15) is 0 Å². The van der Waals surface area contributed by atoms with Gasteiger partial charge in [0.05, 0.1) is 13.1 Å². The molecule has 0 spiro atoms. The predicted octanol–water partition coefficient (Wildman–Crippen LogP) is 1.16. The molecule has 6 heteroatoms. The Morgan fingerprint density at radius 3 is 2.38 bits per heavy atom. The average molecular weight is 337 g/mol. The van der Waals surface area contributed by atoms with Gasteiger partial charge in [0, 0.05) is 18.6 Å². The van der Waals surface area contributed by atoms with Crippen molar-refractivity contribution in [3.05, 3.63) is 0 Å². The summed E-state index contributed by atoms with van der Waals surface area (Å²) in [5.41, 5.74) is 0. The molecule has 0 radical (unpaired) electrons. The molecule has 1 atom stereocenters. The van der Waals surface area contributed by atoms with Gasteiger partial charge in [0.15, 0.2) is 0 Å². The standard InChI is InChI=1S/C18H31N3O3/c1-20(12-17(23)24)15-3-2-9-21(10-8-15)11-16(22)19-18(13-4-5-13)14-6-7-14/h13-15,18H,2-12H2,1H3,(H,19,22)(H,23,24). The lowest BCUT2D eigenvalue weighted by Crippen LogP contribution is -2.44. The molecule has 1 amide bonds. The summed E-state index contributed by atoms with van der Waals surface area (Å²) in [6, 6.07) is 0.735. The third-order valence-corrected chi connectivity index (χ3v) is 5.75. The maximum absolute atomic E-state index is 12.4. The van der Waals surface area contributed by atoms with E-state index >= 15 is 0 Å². The first-order chi connectivity index (χ1) is 11.5. The fraction of sp³-hybridized carbons (Fsp3) is 0.889. The van der Waals surface area contributed by atoms with Gasteiger partial charge in [-0.15, -0.1) is 0 Å². The van der Waals surface area contributed by atoms with E-state index in [0.717, 1.165) is 44.2 Å². The largest absolute Gasteiger partial charge is 0.480 e. The van der Waals surface area contributed by atoms with E-state index in [1.807, 2.05) is 11.9 Å². The highest BCUT2D eigenvalue weighted by Crippen LogP contribution is 2.44. The second-order valence-electron chi connectivity index (χ2n) is 7.94. The van der Waals surface area contributed by atoms with E-state index in [-0.39, 0.29) is 12.5 Å². The lowest BCUT2D eigenvalue weighted by Gasteiger charge is -2.26. The van der Waals surface area contributed by atoms with Gasteiger partial charge >= 0.3 is 5.97 Å². The van der Waals surface area contributed by atoms with E-state index < -0.39 is 5.97 Å². The molecule has 3 fully saturated rings. The lowest BCUT2D eigenvalue weighted by atomic mass is 10.1. The van der Waals surface area contributed by atoms with Gasteiger partial charge < -0.3 is 10.4 Å². The van der Waals surface area contributed by atoms with Crippen molar-refractivity contribution in [1.29, 1.82) is 0 Å². The Bertz CT molecular complexity index is 450. The number of hydrogen-bond donors (Lipinski definition) is 2. The molecule has 0 aromatic rings. The van der Waals surface area contributed by atoms with E-state index in [1.165, 1.54) is 25.7 Å². The summed E-state index contributed by atoms with van der Waals surface area (Å²) >= 11 is 0. The zero-order valence-electron chi connectivity index (χ0n) is 14.7. The molecule has 1 saturated heterocycles. The Morgan fingerprint density at radius 2 is 1.79 bits per heavy atom. The van der Waals surface area contributed by atoms with Crippen LogP contribution in [0.4, 0.5) is 0 Å². The molecule has 2 aliphatic carbocycles. The molecule has 0 bridgehead atoms. The second kappa shape index (κ2) is 7.83. The van der Waals surface area contributed by atoms with Crippen molar-refractivity contribution in [3.8, 4) is 0 Å². The number of nitrogens with zero attached hydrogens (tertiary/aromatic N) is 2. The maximum atomic E-state index is 12.4. The molecule has 3 aliphatic rings. The highest BCUT2D eigenvalue weighted by atomic mass is 16.4. The fourth-order valence-electron chi connectivity index (χ4n) is 4.05. The molecule has 2 saturated carbocycles. The van der Waals surface area contributed by atoms with E-state index in [0.29, 0.717) is 18.6 Å². The summed E-state index contributed by atoms with van der Waals surface area (Å²) in [5, 5.41) is 12.2. The molecule has 1 aliphatic heterocycles. The van der Waals surface area contributed by atoms with Crippen LogP contribution in [0.5, 0.6) is 0 Å². The SMILES string of the molecule is CN(CC(=O)O)C1CCCN(CC(=O)NC(C2CC2)C2CC2)CC1. The van der Waals surface area contributed by atoms with Crippen molar-refractivity contribution in [3.63, 3.8) is 0 Å². The number of carbonyl (C=O) groups excluding carboxylic acids is 1. The first kappa shape index (κ1) is 17.7. The molecule has 1 unspecified atom stereocenters. The van der Waals surface area contributed by atoms with Crippen LogP contribution in [0.3, 0.4) is 0 Å². The van der Waals surface area contributed by atoms with Crippen LogP contribution in [0, 0.1) is 11.8 Å². The van der Waals surface area contributed by atoms with E-state index in [1.54, 1.807) is 0 Å². The Hall–Kier alpha value is -1.14. The summed E-state index contributed by atoms with van der Waals surface area (Å²) < 4.78 is 0. The highest BCUT2D eigenvalue weighted by molar-refractivity contribution is 5.78. The summed E-state index contributed by atoms with van der Waals surface area (Å²) in [5.74, 6) is 0.875. The average Bonchev–Trinajstić information content (AvgIpc) is 3.40. The van der Waals surface area contributed by atoms with Crippen LogP contribution in [0.25, 0.3) is 0 Å². The molecule has 3 rings (SSSR count). The number of nitrogens with one attached hydrogen (secondary N) is 1. The van der Waals surface area contributed by atoms with Gasteiger partial charge in [-0.25, -0.2) is 0 Å². The molecule has 1 heterocycles. The van der Waals surface area contributed by atoms with Crippen LogP contribution < -0.4 is 5.32 Å². The van der Waals surface area contributed by atoms with Crippen LogP contribution >= 0.6 is 0 Å². The van der Waals surface area contributed by atoms with Gasteiger partial charge in [-0.3, -0.25) is 19.4 Å². The first-order valence-corrected chi connectivity index (χ1v) is 9.46. The monoisotopic (exact) mass is 337 g/mol. The maximum Gasteiger partial charge on any atom is 0.317 e. The minimum absolute atomic E-state index is 0.0929. The van der Waals surface area contributed by atoms with Gasteiger partial charge in [0.25, 0.3) is 0 Å². The number of amides is 1. The number of carbonyl (C=O) groups is 2. The summed E-state index contributed by atoms with van der Waals surface area (Å²) in [7, 11) is 1.89. The molecule has 0 aromatic heterocycles. The van der Waals surface area contributed by atoms with Gasteiger partial charge in [0.2, 0.25) is 5.91 Å². The number of carboxylic acid groups (broad SMARTS) is 1. The molecule has 6 nitrogen and oxygen atoms in total. The first-order valence-electron chi connectivity index (χ1n) is 9.46. The summed E-state index contributed by atoms with van der Waals surface area (Å²) in [6.45, 7) is 2.39. The number of likely N-dealkylation sites (N-methyl/N-ethyl adjacent to an activating group) is 1. The molecule has 136 valence electrons. The van der Waals surface area contributed by atoms with E-state index in [4.69, 9.17) is 5.11 Å². The minimum Gasteiger partial charge on any atom is -0.480 e. The van der Waals surface area contributed by atoms with Gasteiger partial charge in [-0.05, 0) is 70.4 Å². The lowest BCUT2D eigenvalue weighted by molar-refractivity contribution is -0.138. The molecular weight excluding hydrogens is 306 g/mol. The summed E-state index contributed by atoms with van der Waals surface area (Å²) in [6.07, 6.45) is 8.09. The Labute approximate surface area is 144 Å². The number of rotatable bonds is 8. The van der Waals surface area contributed by atoms with Crippen molar-refractivity contribution >= 4 is 11.9 Å². The Balaban J connectivity index is 1.42. The Kier molecular flexibility index (Phi) is 5.76. The van der Waals surface area contributed by atoms with Crippen LogP contribution in [0.1, 0.15) is 44.9 Å². The molecular formula is C18H31N3O3. The van der Waals surface area contributed by atoms with Gasteiger partial charge in [-0.1, -0.05) is 0 Å².